The van der Waals surface area contributed by atoms with Gasteiger partial charge in [-0.3, -0.25) is 0 Å². The molecule has 0 aliphatic carbocycles. The largest absolute Gasteiger partial charge is 0.310 e. The van der Waals surface area contributed by atoms with Crippen LogP contribution in [0.2, 0.25) is 0 Å². The van der Waals surface area contributed by atoms with E-state index in [1.54, 1.807) is 0 Å². The van der Waals surface area contributed by atoms with E-state index in [9.17, 15) is 8.78 Å². The lowest BCUT2D eigenvalue weighted by molar-refractivity contribution is 0.486. The molecule has 1 unspecified atom stereocenters. The highest BCUT2D eigenvalue weighted by molar-refractivity contribution is 7.99. The second-order valence-corrected chi connectivity index (χ2v) is 5.05. The molecule has 1 aromatic rings. The predicted octanol–water partition coefficient (Wildman–Crippen LogP) is 3.50. The first-order valence-electron chi connectivity index (χ1n) is 5.57. The Balaban J connectivity index is 2.30. The van der Waals surface area contributed by atoms with Crippen molar-refractivity contribution in [2.75, 3.05) is 12.3 Å². The van der Waals surface area contributed by atoms with Gasteiger partial charge in [-0.25, -0.2) is 8.78 Å². The van der Waals surface area contributed by atoms with Crippen molar-refractivity contribution in [2.24, 2.45) is 0 Å². The van der Waals surface area contributed by atoms with Gasteiger partial charge in [-0.2, -0.15) is 0 Å². The second kappa shape index (κ2) is 5.15. The molecule has 0 spiro atoms. The lowest BCUT2D eigenvalue weighted by Gasteiger charge is -2.26. The molecule has 0 amide bonds. The summed E-state index contributed by atoms with van der Waals surface area (Å²) in [6, 6.07) is 2.52. The van der Waals surface area contributed by atoms with Crippen LogP contribution in [-0.2, 0) is 0 Å². The molecule has 0 bridgehead atoms. The SMILES string of the molecule is CCCNC1CCSc2c(F)cc(F)cc21. The maximum atomic E-state index is 13.5. The molecule has 0 saturated carbocycles. The Labute approximate surface area is 98.6 Å². The van der Waals surface area contributed by atoms with Crippen molar-refractivity contribution in [1.29, 1.82) is 0 Å². The fraction of sp³-hybridized carbons (Fsp3) is 0.500. The summed E-state index contributed by atoms with van der Waals surface area (Å²) in [4.78, 5) is 0.612. The van der Waals surface area contributed by atoms with Crippen molar-refractivity contribution in [2.45, 2.75) is 30.7 Å². The average Bonchev–Trinajstić information content (AvgIpc) is 2.26. The van der Waals surface area contributed by atoms with E-state index in [-0.39, 0.29) is 6.04 Å². The molecule has 1 aliphatic heterocycles. The number of thioether (sulfide) groups is 1. The van der Waals surface area contributed by atoms with Crippen molar-refractivity contribution in [3.8, 4) is 0 Å². The third-order valence-corrected chi connectivity index (χ3v) is 3.87. The van der Waals surface area contributed by atoms with Crippen molar-refractivity contribution < 1.29 is 8.78 Å². The Bertz CT molecular complexity index is 382. The van der Waals surface area contributed by atoms with E-state index in [1.165, 1.54) is 17.8 Å². The van der Waals surface area contributed by atoms with Gasteiger partial charge in [-0.05, 0) is 36.8 Å². The van der Waals surface area contributed by atoms with E-state index in [0.717, 1.165) is 36.8 Å². The van der Waals surface area contributed by atoms with E-state index >= 15 is 0 Å². The van der Waals surface area contributed by atoms with Crippen molar-refractivity contribution in [1.82, 2.24) is 5.32 Å². The number of hydrogen-bond donors (Lipinski definition) is 1. The normalized spacial score (nSPS) is 19.6. The molecular weight excluding hydrogens is 228 g/mol. The van der Waals surface area contributed by atoms with Crippen LogP contribution < -0.4 is 5.32 Å². The molecule has 0 aromatic heterocycles. The number of fused-ring (bicyclic) bond motifs is 1. The Hall–Kier alpha value is -0.610. The minimum atomic E-state index is -0.484. The van der Waals surface area contributed by atoms with Crippen LogP contribution in [0.5, 0.6) is 0 Å². The highest BCUT2D eigenvalue weighted by Crippen LogP contribution is 2.38. The zero-order valence-electron chi connectivity index (χ0n) is 9.22. The number of benzene rings is 1. The average molecular weight is 243 g/mol. The molecule has 1 aliphatic rings. The zero-order valence-corrected chi connectivity index (χ0v) is 10.0. The van der Waals surface area contributed by atoms with Crippen LogP contribution in [-0.4, -0.2) is 12.3 Å². The Morgan fingerprint density at radius 2 is 2.25 bits per heavy atom. The third kappa shape index (κ3) is 2.38. The van der Waals surface area contributed by atoms with Crippen LogP contribution in [0.25, 0.3) is 0 Å². The highest BCUT2D eigenvalue weighted by atomic mass is 32.2. The van der Waals surface area contributed by atoms with Gasteiger partial charge in [0.2, 0.25) is 0 Å². The van der Waals surface area contributed by atoms with Crippen molar-refractivity contribution in [3.63, 3.8) is 0 Å². The van der Waals surface area contributed by atoms with Crippen LogP contribution >= 0.6 is 11.8 Å². The molecular formula is C12H15F2NS. The summed E-state index contributed by atoms with van der Waals surface area (Å²) in [6.07, 6.45) is 1.96. The monoisotopic (exact) mass is 243 g/mol. The predicted molar refractivity (Wildman–Crippen MR) is 62.7 cm³/mol. The smallest absolute Gasteiger partial charge is 0.140 e. The van der Waals surface area contributed by atoms with Crippen molar-refractivity contribution >= 4 is 11.8 Å². The van der Waals surface area contributed by atoms with Gasteiger partial charge in [0, 0.05) is 17.0 Å². The molecule has 4 heteroatoms. The quantitative estimate of drug-likeness (QED) is 0.872. The molecule has 1 N–H and O–H groups in total. The molecule has 0 radical (unpaired) electrons. The van der Waals surface area contributed by atoms with Gasteiger partial charge in [-0.1, -0.05) is 6.92 Å². The Kier molecular flexibility index (Phi) is 3.82. The molecule has 0 saturated heterocycles. The maximum absolute atomic E-state index is 13.5. The van der Waals surface area contributed by atoms with Gasteiger partial charge in [0.25, 0.3) is 0 Å². The maximum Gasteiger partial charge on any atom is 0.140 e. The minimum Gasteiger partial charge on any atom is -0.310 e. The first-order chi connectivity index (χ1) is 7.72. The summed E-state index contributed by atoms with van der Waals surface area (Å²) in [5, 5.41) is 3.34. The molecule has 1 atom stereocenters. The minimum absolute atomic E-state index is 0.0985. The summed E-state index contributed by atoms with van der Waals surface area (Å²) in [7, 11) is 0. The van der Waals surface area contributed by atoms with Crippen LogP contribution in [0.4, 0.5) is 8.78 Å². The number of rotatable bonds is 3. The molecule has 1 aromatic carbocycles. The lowest BCUT2D eigenvalue weighted by Crippen LogP contribution is -2.25. The molecule has 16 heavy (non-hydrogen) atoms. The van der Waals surface area contributed by atoms with Crippen LogP contribution in [0.3, 0.4) is 0 Å². The summed E-state index contributed by atoms with van der Waals surface area (Å²) in [6.45, 7) is 2.96. The van der Waals surface area contributed by atoms with Crippen LogP contribution in [0.1, 0.15) is 31.4 Å². The van der Waals surface area contributed by atoms with Gasteiger partial charge in [0.1, 0.15) is 11.6 Å². The van der Waals surface area contributed by atoms with Gasteiger partial charge in [0.05, 0.1) is 0 Å². The topological polar surface area (TPSA) is 12.0 Å². The molecule has 1 heterocycles. The molecule has 88 valence electrons. The summed E-state index contributed by atoms with van der Waals surface area (Å²) < 4.78 is 26.7. The number of halogens is 2. The van der Waals surface area contributed by atoms with E-state index in [0.29, 0.717) is 4.90 Å². The van der Waals surface area contributed by atoms with E-state index < -0.39 is 11.6 Å². The van der Waals surface area contributed by atoms with Gasteiger partial charge in [-0.15, -0.1) is 11.8 Å². The van der Waals surface area contributed by atoms with E-state index in [2.05, 4.69) is 12.2 Å². The third-order valence-electron chi connectivity index (χ3n) is 2.71. The molecule has 1 nitrogen and oxygen atoms in total. The van der Waals surface area contributed by atoms with Crippen LogP contribution in [0, 0.1) is 11.6 Å². The van der Waals surface area contributed by atoms with Crippen molar-refractivity contribution in [3.05, 3.63) is 29.3 Å². The summed E-state index contributed by atoms with van der Waals surface area (Å²) in [5.74, 6) is -0.0261. The standard InChI is InChI=1S/C12H15F2NS/c1-2-4-15-11-3-5-16-12-9(11)6-8(13)7-10(12)14/h6-7,11,15H,2-5H2,1H3. The molecule has 0 fully saturated rings. The number of hydrogen-bond acceptors (Lipinski definition) is 2. The Morgan fingerprint density at radius 1 is 1.44 bits per heavy atom. The van der Waals surface area contributed by atoms with Gasteiger partial charge < -0.3 is 5.32 Å². The van der Waals surface area contributed by atoms with Gasteiger partial charge >= 0.3 is 0 Å². The molecule has 2 rings (SSSR count). The van der Waals surface area contributed by atoms with E-state index in [1.807, 2.05) is 0 Å². The highest BCUT2D eigenvalue weighted by Gasteiger charge is 2.23. The summed E-state index contributed by atoms with van der Waals surface area (Å²) >= 11 is 1.48. The fourth-order valence-electron chi connectivity index (χ4n) is 1.96. The zero-order chi connectivity index (χ0) is 11.5. The fourth-order valence-corrected chi connectivity index (χ4v) is 3.08. The number of nitrogens with one attached hydrogen (secondary N) is 1. The second-order valence-electron chi connectivity index (χ2n) is 3.95. The van der Waals surface area contributed by atoms with Crippen LogP contribution in [0.15, 0.2) is 17.0 Å². The first kappa shape index (κ1) is 11.9. The lowest BCUT2D eigenvalue weighted by atomic mass is 10.0. The first-order valence-corrected chi connectivity index (χ1v) is 6.56. The summed E-state index contributed by atoms with van der Waals surface area (Å²) in [5.41, 5.74) is 0.780. The van der Waals surface area contributed by atoms with E-state index in [4.69, 9.17) is 0 Å². The van der Waals surface area contributed by atoms with Gasteiger partial charge in [0.15, 0.2) is 0 Å². The Morgan fingerprint density at radius 3 is 3.00 bits per heavy atom.